The Hall–Kier alpha value is -12.0. The van der Waals surface area contributed by atoms with Crippen LogP contribution < -0.4 is 9.47 Å². The van der Waals surface area contributed by atoms with Gasteiger partial charge in [0.25, 0.3) is 0 Å². The van der Waals surface area contributed by atoms with Gasteiger partial charge in [0.15, 0.2) is 0 Å². The molecule has 0 spiro atoms. The van der Waals surface area contributed by atoms with Crippen molar-refractivity contribution in [2.24, 2.45) is 0 Å². The minimum atomic E-state index is -0.144. The summed E-state index contributed by atoms with van der Waals surface area (Å²) in [7, 11) is 0. The minimum Gasteiger partial charge on any atom is -0.509 e. The fourth-order valence-corrected chi connectivity index (χ4v) is 15.8. The number of fused-ring (bicyclic) bond motifs is 15. The van der Waals surface area contributed by atoms with Gasteiger partial charge in [0, 0.05) is 150 Å². The molecular formula is C87H65BrN12O3Pt. The summed E-state index contributed by atoms with van der Waals surface area (Å²) in [6, 6.07) is 82.5. The number of phenolic OH excluding ortho intramolecular Hbond substituents is 1. The summed E-state index contributed by atoms with van der Waals surface area (Å²) in [6.45, 7) is 13.7. The largest absolute Gasteiger partial charge is 2.00 e. The number of hydrogen-bond donors (Lipinski definition) is 1. The van der Waals surface area contributed by atoms with Crippen LogP contribution >= 0.6 is 15.9 Å². The number of aromatic nitrogens is 12. The fourth-order valence-electron chi connectivity index (χ4n) is 15.4. The van der Waals surface area contributed by atoms with E-state index in [0.29, 0.717) is 11.5 Å². The van der Waals surface area contributed by atoms with Gasteiger partial charge in [-0.1, -0.05) is 154 Å². The van der Waals surface area contributed by atoms with Gasteiger partial charge in [0.1, 0.15) is 34.7 Å². The Bertz CT molecular complexity index is 6090. The summed E-state index contributed by atoms with van der Waals surface area (Å²) in [5.74, 6) is 6.03. The van der Waals surface area contributed by atoms with E-state index in [1.54, 1.807) is 46.2 Å². The van der Waals surface area contributed by atoms with Crippen molar-refractivity contribution < 1.29 is 35.6 Å². The molecule has 104 heavy (non-hydrogen) atoms. The van der Waals surface area contributed by atoms with Crippen LogP contribution in [0.5, 0.6) is 28.7 Å². The molecule has 0 aliphatic carbocycles. The molecule has 0 saturated heterocycles. The monoisotopic (exact) mass is 1600 g/mol. The third-order valence-electron chi connectivity index (χ3n) is 20.4. The van der Waals surface area contributed by atoms with Gasteiger partial charge in [-0.05, 0) is 113 Å². The second kappa shape index (κ2) is 25.5. The molecule has 0 fully saturated rings. The first kappa shape index (κ1) is 65.3. The maximum Gasteiger partial charge on any atom is 2.00 e. The van der Waals surface area contributed by atoms with Crippen molar-refractivity contribution in [2.45, 2.75) is 57.8 Å². The summed E-state index contributed by atoms with van der Waals surface area (Å²) in [6.07, 6.45) is 16.5. The van der Waals surface area contributed by atoms with Crippen LogP contribution in [0.2, 0.25) is 0 Å². The van der Waals surface area contributed by atoms with Crippen LogP contribution in [0.3, 0.4) is 0 Å². The number of rotatable bonds is 7. The maximum atomic E-state index is 9.17. The maximum absolute atomic E-state index is 9.17. The topological polar surface area (TPSA) is 146 Å². The van der Waals surface area contributed by atoms with Gasteiger partial charge in [0.05, 0.1) is 33.4 Å². The van der Waals surface area contributed by atoms with Gasteiger partial charge in [-0.3, -0.25) is 13.8 Å². The van der Waals surface area contributed by atoms with Crippen molar-refractivity contribution in [3.8, 4) is 63.3 Å². The number of halogens is 1. The molecule has 17 heteroatoms. The summed E-state index contributed by atoms with van der Waals surface area (Å²) in [5.41, 5.74) is 17.0. The Morgan fingerprint density at radius 1 is 0.365 bits per heavy atom. The van der Waals surface area contributed by atoms with Crippen molar-refractivity contribution in [2.75, 3.05) is 0 Å². The van der Waals surface area contributed by atoms with E-state index in [-0.39, 0.29) is 43.1 Å². The van der Waals surface area contributed by atoms with E-state index in [1.807, 2.05) is 139 Å². The zero-order chi connectivity index (χ0) is 69.9. The molecule has 9 aromatic carbocycles. The van der Waals surface area contributed by atoms with Gasteiger partial charge in [0.2, 0.25) is 0 Å². The molecule has 0 amide bonds. The Kier molecular flexibility index (Phi) is 16.0. The number of benzene rings is 9. The van der Waals surface area contributed by atoms with E-state index in [0.717, 1.165) is 66.9 Å². The van der Waals surface area contributed by atoms with Crippen LogP contribution in [0.15, 0.2) is 285 Å². The molecule has 0 unspecified atom stereocenters. The molecule has 3 aliphatic heterocycles. The molecule has 0 atom stereocenters. The van der Waals surface area contributed by atoms with Gasteiger partial charge >= 0.3 is 21.1 Å². The molecule has 9 aromatic heterocycles. The third kappa shape index (κ3) is 10.8. The molecule has 3 aliphatic rings. The molecule has 1 N–H and O–H groups in total. The molecular weight excluding hydrogens is 1540 g/mol. The van der Waals surface area contributed by atoms with E-state index >= 15 is 0 Å². The number of aromatic hydroxyl groups is 1. The van der Waals surface area contributed by atoms with Crippen molar-refractivity contribution in [1.82, 2.24) is 58.0 Å². The molecule has 0 bridgehead atoms. The molecule has 508 valence electrons. The van der Waals surface area contributed by atoms with Gasteiger partial charge < -0.3 is 19.1 Å². The van der Waals surface area contributed by atoms with E-state index < -0.39 is 0 Å². The predicted octanol–water partition coefficient (Wildman–Crippen LogP) is 20.3. The summed E-state index contributed by atoms with van der Waals surface area (Å²) in [5, 5.41) is 29.2. The van der Waals surface area contributed by atoms with Crippen LogP contribution in [0, 0.1) is 12.1 Å². The molecule has 18 aromatic rings. The van der Waals surface area contributed by atoms with Crippen LogP contribution in [0.1, 0.15) is 74.9 Å². The summed E-state index contributed by atoms with van der Waals surface area (Å²) >= 11 is 3.62. The van der Waals surface area contributed by atoms with E-state index in [1.165, 1.54) is 82.4 Å². The van der Waals surface area contributed by atoms with E-state index in [4.69, 9.17) is 24.4 Å². The van der Waals surface area contributed by atoms with Gasteiger partial charge in [-0.25, -0.2) is 24.3 Å². The second-order valence-corrected chi connectivity index (χ2v) is 28.4. The SMILES string of the molecule is CC1(C)c2cccnc2-n2c3[c-]c(Oc4[c-]c(-n5cccn5)ccc4)ccc3c3cccc1c32.CC1(C)c2cccnc2-n2c3cc(Br)ccc3c3cccc1c32.CC1(C)c2cccnc2-n2c3cc(Oc4cccc(-n5cccn5)c4)ccc3c3cccc1c32.Oc1cccc(-n2cccn2)c1.[Pt+2]. The smallest absolute Gasteiger partial charge is 0.509 e. The fraction of sp³-hybridized carbons (Fsp3) is 0.103. The zero-order valence-corrected chi connectivity index (χ0v) is 61.2. The molecule has 21 rings (SSSR count). The number of pyridine rings is 3. The van der Waals surface area contributed by atoms with Crippen LogP contribution in [-0.2, 0) is 37.3 Å². The Morgan fingerprint density at radius 2 is 0.817 bits per heavy atom. The zero-order valence-electron chi connectivity index (χ0n) is 57.4. The molecule has 0 radical (unpaired) electrons. The van der Waals surface area contributed by atoms with Crippen LogP contribution in [0.25, 0.3) is 99.9 Å². The normalized spacial score (nSPS) is 13.5. The summed E-state index contributed by atoms with van der Waals surface area (Å²) < 4.78 is 25.8. The second-order valence-electron chi connectivity index (χ2n) is 27.5. The first-order valence-electron chi connectivity index (χ1n) is 34.1. The Balaban J connectivity index is 0.000000108. The average molecular weight is 1600 g/mol. The number of para-hydroxylation sites is 3. The van der Waals surface area contributed by atoms with Crippen LogP contribution in [0.4, 0.5) is 0 Å². The van der Waals surface area contributed by atoms with E-state index in [2.05, 4.69) is 208 Å². The van der Waals surface area contributed by atoms with E-state index in [9.17, 15) is 5.11 Å². The van der Waals surface area contributed by atoms with Gasteiger partial charge in [-0.2, -0.15) is 27.4 Å². The Morgan fingerprint density at radius 3 is 1.38 bits per heavy atom. The minimum absolute atomic E-state index is 0. The molecule has 15 nitrogen and oxygen atoms in total. The third-order valence-corrected chi connectivity index (χ3v) is 20.9. The predicted molar refractivity (Wildman–Crippen MR) is 410 cm³/mol. The van der Waals surface area contributed by atoms with Gasteiger partial charge in [-0.15, -0.1) is 35.7 Å². The summed E-state index contributed by atoms with van der Waals surface area (Å²) in [4.78, 5) is 14.4. The first-order chi connectivity index (χ1) is 50.2. The number of hydrogen-bond acceptors (Lipinski definition) is 9. The van der Waals surface area contributed by atoms with Crippen molar-refractivity contribution >= 4 is 81.3 Å². The molecule has 0 saturated carbocycles. The molecule has 12 heterocycles. The van der Waals surface area contributed by atoms with Crippen molar-refractivity contribution in [3.63, 3.8) is 0 Å². The average Bonchev–Trinajstić information content (AvgIpc) is 1.55. The number of ether oxygens (including phenoxy) is 2. The standard InChI is InChI=1S/C29H22N4O.C29H20N4O.C20H15BrN2.C9H8N2O.Pt/c2*1-29(2)24-10-4-9-23-22-13-12-21(34-20-8-3-7-19(17-20)32-16-6-15-31-32)18-26(22)33(27(23)24)28-25(29)11-5-14-30-28;1-20(2)15-6-3-5-14-13-9-8-12(21)11-17(13)23(18(14)15)19-16(20)7-4-10-22-19;12-9-4-1-3-8(7-9)11-6-2-5-10-11;/h3-18H,1-2H3;3-16H,1-2H3;3-11H,1-2H3;1-7,12H;/q;-2;;;+2. The Labute approximate surface area is 621 Å². The number of phenols is 1. The first-order valence-corrected chi connectivity index (χ1v) is 34.9. The van der Waals surface area contributed by atoms with Crippen molar-refractivity contribution in [3.05, 3.63) is 330 Å². The number of nitrogens with zero attached hydrogens (tertiary/aromatic N) is 12. The quantitative estimate of drug-likeness (QED) is 0.154. The van der Waals surface area contributed by atoms with Crippen molar-refractivity contribution in [1.29, 1.82) is 0 Å². The van der Waals surface area contributed by atoms with Crippen LogP contribution in [-0.4, -0.2) is 63.1 Å².